The Balaban J connectivity index is 3.49. The summed E-state index contributed by atoms with van der Waals surface area (Å²) in [7, 11) is 3.21. The number of hydrogen-bond donors (Lipinski definition) is 1. The topological polar surface area (TPSA) is 47.6 Å². The zero-order valence-electron chi connectivity index (χ0n) is 13.8. The normalized spacial score (nSPS) is 14.0. The van der Waals surface area contributed by atoms with Crippen LogP contribution in [0.2, 0.25) is 0 Å². The van der Waals surface area contributed by atoms with Crippen LogP contribution in [-0.2, 0) is 14.3 Å². The molecule has 1 atom stereocenters. The van der Waals surface area contributed by atoms with E-state index in [1.165, 1.54) is 39.2 Å². The van der Waals surface area contributed by atoms with Crippen molar-refractivity contribution >= 4 is 5.97 Å². The van der Waals surface area contributed by atoms with Crippen molar-refractivity contribution in [2.75, 3.05) is 27.4 Å². The van der Waals surface area contributed by atoms with Crippen molar-refractivity contribution in [2.24, 2.45) is 0 Å². The number of ether oxygens (including phenoxy) is 2. The summed E-state index contributed by atoms with van der Waals surface area (Å²) in [6, 6.07) is 0. The second-order valence-electron chi connectivity index (χ2n) is 5.56. The van der Waals surface area contributed by atoms with E-state index in [9.17, 15) is 4.79 Å². The molecule has 4 heteroatoms. The average molecular weight is 287 g/mol. The first-order valence-electron chi connectivity index (χ1n) is 7.95. The standard InChI is InChI=1S/C16H33NO3/c1-5-6-7-8-9-10-13-20-14-11-12-16(2,17-3)15(18)19-4/h17H,5-14H2,1-4H3. The molecule has 0 bridgehead atoms. The quantitative estimate of drug-likeness (QED) is 0.417. The molecule has 0 aromatic rings. The van der Waals surface area contributed by atoms with Gasteiger partial charge >= 0.3 is 5.97 Å². The number of methoxy groups -OCH3 is 1. The van der Waals surface area contributed by atoms with Gasteiger partial charge in [0.2, 0.25) is 0 Å². The van der Waals surface area contributed by atoms with E-state index >= 15 is 0 Å². The van der Waals surface area contributed by atoms with Crippen LogP contribution in [0.3, 0.4) is 0 Å². The van der Waals surface area contributed by atoms with Gasteiger partial charge in [0.15, 0.2) is 0 Å². The minimum atomic E-state index is -0.599. The van der Waals surface area contributed by atoms with Crippen LogP contribution in [0, 0.1) is 0 Å². The number of nitrogens with one attached hydrogen (secondary N) is 1. The minimum Gasteiger partial charge on any atom is -0.468 e. The zero-order valence-corrected chi connectivity index (χ0v) is 13.8. The number of rotatable bonds is 13. The van der Waals surface area contributed by atoms with Gasteiger partial charge in [0, 0.05) is 13.2 Å². The summed E-state index contributed by atoms with van der Waals surface area (Å²) in [4.78, 5) is 11.6. The van der Waals surface area contributed by atoms with Crippen molar-refractivity contribution in [3.8, 4) is 0 Å². The van der Waals surface area contributed by atoms with Crippen LogP contribution in [0.4, 0.5) is 0 Å². The third-order valence-corrected chi connectivity index (χ3v) is 3.80. The number of carbonyl (C=O) groups excluding carboxylic acids is 1. The minimum absolute atomic E-state index is 0.212. The monoisotopic (exact) mass is 287 g/mol. The first-order chi connectivity index (χ1) is 9.60. The molecule has 0 saturated carbocycles. The Kier molecular flexibility index (Phi) is 11.8. The Bertz CT molecular complexity index is 246. The maximum absolute atomic E-state index is 11.6. The summed E-state index contributed by atoms with van der Waals surface area (Å²) in [6.07, 6.45) is 9.29. The predicted molar refractivity (Wildman–Crippen MR) is 82.9 cm³/mol. The number of esters is 1. The van der Waals surface area contributed by atoms with Crippen molar-refractivity contribution in [1.29, 1.82) is 0 Å². The van der Waals surface area contributed by atoms with Crippen molar-refractivity contribution in [1.82, 2.24) is 5.32 Å². The fourth-order valence-corrected chi connectivity index (χ4v) is 2.17. The molecule has 0 radical (unpaired) electrons. The molecular formula is C16H33NO3. The fraction of sp³-hybridized carbons (Fsp3) is 0.938. The molecule has 0 aliphatic carbocycles. The lowest BCUT2D eigenvalue weighted by molar-refractivity contribution is -0.148. The molecule has 0 spiro atoms. The van der Waals surface area contributed by atoms with Gasteiger partial charge in [-0.15, -0.1) is 0 Å². The molecule has 1 N–H and O–H groups in total. The van der Waals surface area contributed by atoms with Gasteiger partial charge in [0.05, 0.1) is 7.11 Å². The molecule has 0 rings (SSSR count). The number of carbonyl (C=O) groups is 1. The van der Waals surface area contributed by atoms with E-state index in [2.05, 4.69) is 12.2 Å². The third-order valence-electron chi connectivity index (χ3n) is 3.80. The van der Waals surface area contributed by atoms with Crippen LogP contribution >= 0.6 is 0 Å². The number of unbranched alkanes of at least 4 members (excludes halogenated alkanes) is 5. The number of hydrogen-bond acceptors (Lipinski definition) is 4. The molecule has 120 valence electrons. The Labute approximate surface area is 124 Å². The van der Waals surface area contributed by atoms with Crippen LogP contribution in [0.1, 0.15) is 65.2 Å². The highest BCUT2D eigenvalue weighted by molar-refractivity contribution is 5.80. The van der Waals surface area contributed by atoms with Crippen molar-refractivity contribution in [3.05, 3.63) is 0 Å². The smallest absolute Gasteiger partial charge is 0.325 e. The maximum Gasteiger partial charge on any atom is 0.325 e. The van der Waals surface area contributed by atoms with Gasteiger partial charge in [-0.05, 0) is 33.2 Å². The van der Waals surface area contributed by atoms with Crippen LogP contribution in [0.25, 0.3) is 0 Å². The zero-order chi connectivity index (χ0) is 15.3. The average Bonchev–Trinajstić information content (AvgIpc) is 2.48. The van der Waals surface area contributed by atoms with Gasteiger partial charge in [0.25, 0.3) is 0 Å². The van der Waals surface area contributed by atoms with E-state index in [0.29, 0.717) is 6.61 Å². The van der Waals surface area contributed by atoms with E-state index in [1.807, 2.05) is 6.92 Å². The summed E-state index contributed by atoms with van der Waals surface area (Å²) in [5.41, 5.74) is -0.599. The molecule has 0 aromatic heterocycles. The second kappa shape index (κ2) is 12.2. The summed E-state index contributed by atoms with van der Waals surface area (Å²) in [5, 5.41) is 3.03. The molecule has 0 saturated heterocycles. The van der Waals surface area contributed by atoms with Crippen molar-refractivity contribution < 1.29 is 14.3 Å². The van der Waals surface area contributed by atoms with E-state index in [0.717, 1.165) is 25.9 Å². The molecule has 0 aromatic carbocycles. The van der Waals surface area contributed by atoms with Crippen LogP contribution in [0.5, 0.6) is 0 Å². The van der Waals surface area contributed by atoms with E-state index in [1.54, 1.807) is 7.05 Å². The highest BCUT2D eigenvalue weighted by Gasteiger charge is 2.31. The lowest BCUT2D eigenvalue weighted by Gasteiger charge is -2.25. The molecule has 20 heavy (non-hydrogen) atoms. The van der Waals surface area contributed by atoms with Crippen LogP contribution < -0.4 is 5.32 Å². The van der Waals surface area contributed by atoms with E-state index < -0.39 is 5.54 Å². The first kappa shape index (κ1) is 19.4. The molecule has 0 amide bonds. The van der Waals surface area contributed by atoms with Crippen LogP contribution in [0.15, 0.2) is 0 Å². The first-order valence-corrected chi connectivity index (χ1v) is 7.95. The molecule has 0 aliphatic rings. The third kappa shape index (κ3) is 8.54. The highest BCUT2D eigenvalue weighted by atomic mass is 16.5. The lowest BCUT2D eigenvalue weighted by atomic mass is 9.96. The number of likely N-dealkylation sites (N-methyl/N-ethyl adjacent to an activating group) is 1. The summed E-state index contributed by atoms with van der Waals surface area (Å²) >= 11 is 0. The second-order valence-corrected chi connectivity index (χ2v) is 5.56. The summed E-state index contributed by atoms with van der Waals surface area (Å²) in [5.74, 6) is -0.212. The van der Waals surface area contributed by atoms with Crippen molar-refractivity contribution in [2.45, 2.75) is 70.8 Å². The largest absolute Gasteiger partial charge is 0.468 e. The van der Waals surface area contributed by atoms with Gasteiger partial charge in [-0.2, -0.15) is 0 Å². The summed E-state index contributed by atoms with van der Waals surface area (Å²) < 4.78 is 10.4. The summed E-state index contributed by atoms with van der Waals surface area (Å²) in [6.45, 7) is 5.65. The van der Waals surface area contributed by atoms with Gasteiger partial charge in [-0.3, -0.25) is 4.79 Å². The molecule has 0 fully saturated rings. The lowest BCUT2D eigenvalue weighted by Crippen LogP contribution is -2.48. The predicted octanol–water partition coefficient (Wildman–Crippen LogP) is 3.29. The Hall–Kier alpha value is -0.610. The molecular weight excluding hydrogens is 254 g/mol. The van der Waals surface area contributed by atoms with Gasteiger partial charge in [0.1, 0.15) is 5.54 Å². The highest BCUT2D eigenvalue weighted by Crippen LogP contribution is 2.14. The Morgan fingerprint density at radius 3 is 2.25 bits per heavy atom. The molecule has 1 unspecified atom stereocenters. The Morgan fingerprint density at radius 2 is 1.65 bits per heavy atom. The van der Waals surface area contributed by atoms with E-state index in [4.69, 9.17) is 9.47 Å². The molecule has 0 heterocycles. The van der Waals surface area contributed by atoms with Crippen molar-refractivity contribution in [3.63, 3.8) is 0 Å². The Morgan fingerprint density at radius 1 is 1.05 bits per heavy atom. The maximum atomic E-state index is 11.6. The van der Waals surface area contributed by atoms with E-state index in [-0.39, 0.29) is 5.97 Å². The van der Waals surface area contributed by atoms with Gasteiger partial charge in [-0.1, -0.05) is 39.0 Å². The van der Waals surface area contributed by atoms with Gasteiger partial charge in [-0.25, -0.2) is 0 Å². The molecule has 4 nitrogen and oxygen atoms in total. The van der Waals surface area contributed by atoms with Gasteiger partial charge < -0.3 is 14.8 Å². The SMILES string of the molecule is CCCCCCCCOCCCC(C)(NC)C(=O)OC. The molecule has 0 aliphatic heterocycles. The fourth-order valence-electron chi connectivity index (χ4n) is 2.17. The van der Waals surface area contributed by atoms with Crippen LogP contribution in [-0.4, -0.2) is 38.9 Å².